The number of fused-ring (bicyclic) bond motifs is 1. The molecule has 0 spiro atoms. The van der Waals surface area contributed by atoms with Crippen LogP contribution in [0.4, 0.5) is 8.78 Å². The maximum Gasteiger partial charge on any atom is 0.124 e. The summed E-state index contributed by atoms with van der Waals surface area (Å²) >= 11 is 1.51. The number of hydrazine groups is 1. The Hall–Kier alpha value is -1.82. The summed E-state index contributed by atoms with van der Waals surface area (Å²) in [6, 6.07) is 13.0. The third-order valence-corrected chi connectivity index (χ3v) is 4.61. The van der Waals surface area contributed by atoms with E-state index in [2.05, 4.69) is 5.43 Å². The first-order valence-electron chi connectivity index (χ1n) is 6.55. The molecule has 0 aliphatic heterocycles. The lowest BCUT2D eigenvalue weighted by Gasteiger charge is -2.14. The molecule has 0 bridgehead atoms. The van der Waals surface area contributed by atoms with Crippen molar-refractivity contribution in [2.75, 3.05) is 0 Å². The SMILES string of the molecule is NNC(Cc1ccc(F)cc1)c1cc2ccc(F)cc2s1. The van der Waals surface area contributed by atoms with Gasteiger partial charge in [-0.1, -0.05) is 18.2 Å². The van der Waals surface area contributed by atoms with Gasteiger partial charge >= 0.3 is 0 Å². The zero-order chi connectivity index (χ0) is 14.8. The third kappa shape index (κ3) is 3.10. The molecule has 5 heteroatoms. The van der Waals surface area contributed by atoms with Crippen LogP contribution in [0.1, 0.15) is 16.5 Å². The molecule has 1 unspecified atom stereocenters. The Morgan fingerprint density at radius 1 is 1.00 bits per heavy atom. The monoisotopic (exact) mass is 304 g/mol. The molecule has 1 atom stereocenters. The van der Waals surface area contributed by atoms with Crippen molar-refractivity contribution in [3.05, 3.63) is 70.6 Å². The molecule has 0 amide bonds. The summed E-state index contributed by atoms with van der Waals surface area (Å²) in [5.74, 6) is 5.14. The van der Waals surface area contributed by atoms with Crippen LogP contribution < -0.4 is 11.3 Å². The van der Waals surface area contributed by atoms with E-state index in [-0.39, 0.29) is 17.7 Å². The second-order valence-corrected chi connectivity index (χ2v) is 6.00. The Bertz CT molecular complexity index is 753. The average Bonchev–Trinajstić information content (AvgIpc) is 2.89. The fourth-order valence-electron chi connectivity index (χ4n) is 2.30. The maximum absolute atomic E-state index is 13.2. The van der Waals surface area contributed by atoms with Crippen molar-refractivity contribution >= 4 is 21.4 Å². The van der Waals surface area contributed by atoms with Crippen LogP contribution >= 0.6 is 11.3 Å². The van der Waals surface area contributed by atoms with E-state index in [1.807, 2.05) is 6.07 Å². The summed E-state index contributed by atoms with van der Waals surface area (Å²) in [5, 5.41) is 0.996. The topological polar surface area (TPSA) is 38.0 Å². The Morgan fingerprint density at radius 2 is 1.71 bits per heavy atom. The molecule has 1 aromatic heterocycles. The van der Waals surface area contributed by atoms with Crippen molar-refractivity contribution in [3.63, 3.8) is 0 Å². The van der Waals surface area contributed by atoms with Crippen LogP contribution in [0.25, 0.3) is 10.1 Å². The Balaban J connectivity index is 1.88. The van der Waals surface area contributed by atoms with Crippen molar-refractivity contribution < 1.29 is 8.78 Å². The minimum Gasteiger partial charge on any atom is -0.271 e. The number of hydrogen-bond acceptors (Lipinski definition) is 3. The lowest BCUT2D eigenvalue weighted by molar-refractivity contribution is 0.559. The van der Waals surface area contributed by atoms with Gasteiger partial charge in [0.2, 0.25) is 0 Å². The number of hydrogen-bond donors (Lipinski definition) is 2. The summed E-state index contributed by atoms with van der Waals surface area (Å²) in [5.41, 5.74) is 3.77. The first kappa shape index (κ1) is 14.1. The molecule has 0 saturated carbocycles. The van der Waals surface area contributed by atoms with Gasteiger partial charge in [0.05, 0.1) is 6.04 Å². The Labute approximate surface area is 125 Å². The third-order valence-electron chi connectivity index (χ3n) is 3.40. The number of thiophene rings is 1. The van der Waals surface area contributed by atoms with Crippen molar-refractivity contribution in [2.24, 2.45) is 5.84 Å². The maximum atomic E-state index is 13.2. The Kier molecular flexibility index (Phi) is 3.96. The minimum absolute atomic E-state index is 0.0871. The summed E-state index contributed by atoms with van der Waals surface area (Å²) in [4.78, 5) is 1.03. The lowest BCUT2D eigenvalue weighted by atomic mass is 10.0. The number of halogens is 2. The van der Waals surface area contributed by atoms with Gasteiger partial charge in [0.25, 0.3) is 0 Å². The molecule has 0 saturated heterocycles. The van der Waals surface area contributed by atoms with E-state index in [1.54, 1.807) is 18.2 Å². The molecular formula is C16H14F2N2S. The average molecular weight is 304 g/mol. The first-order valence-corrected chi connectivity index (χ1v) is 7.37. The van der Waals surface area contributed by atoms with E-state index >= 15 is 0 Å². The van der Waals surface area contributed by atoms with Crippen LogP contribution in [0.5, 0.6) is 0 Å². The highest BCUT2D eigenvalue weighted by Crippen LogP contribution is 2.31. The van der Waals surface area contributed by atoms with Gasteiger partial charge in [-0.15, -0.1) is 11.3 Å². The summed E-state index contributed by atoms with van der Waals surface area (Å²) in [6.07, 6.45) is 0.645. The highest BCUT2D eigenvalue weighted by atomic mass is 32.1. The molecule has 2 aromatic carbocycles. The van der Waals surface area contributed by atoms with Crippen LogP contribution in [0.15, 0.2) is 48.5 Å². The van der Waals surface area contributed by atoms with Crippen molar-refractivity contribution in [1.82, 2.24) is 5.43 Å². The minimum atomic E-state index is -0.256. The fourth-order valence-corrected chi connectivity index (χ4v) is 3.44. The fraction of sp³-hybridized carbons (Fsp3) is 0.125. The summed E-state index contributed by atoms with van der Waals surface area (Å²) in [7, 11) is 0. The largest absolute Gasteiger partial charge is 0.271 e. The predicted octanol–water partition coefficient (Wildman–Crippen LogP) is 3.93. The predicted molar refractivity (Wildman–Crippen MR) is 82.0 cm³/mol. The summed E-state index contributed by atoms with van der Waals surface area (Å²) < 4.78 is 27.1. The zero-order valence-electron chi connectivity index (χ0n) is 11.1. The molecule has 0 radical (unpaired) electrons. The normalized spacial score (nSPS) is 12.7. The molecule has 3 N–H and O–H groups in total. The molecule has 0 aliphatic rings. The highest BCUT2D eigenvalue weighted by Gasteiger charge is 2.14. The van der Waals surface area contributed by atoms with E-state index < -0.39 is 0 Å². The molecule has 108 valence electrons. The highest BCUT2D eigenvalue weighted by molar-refractivity contribution is 7.19. The molecular weight excluding hydrogens is 290 g/mol. The van der Waals surface area contributed by atoms with Gasteiger partial charge in [-0.25, -0.2) is 8.78 Å². The van der Waals surface area contributed by atoms with Crippen molar-refractivity contribution in [2.45, 2.75) is 12.5 Å². The second kappa shape index (κ2) is 5.89. The number of nitrogens with one attached hydrogen (secondary N) is 1. The standard InChI is InChI=1S/C16H14F2N2S/c17-12-4-1-10(2-5-12)7-14(20-19)16-8-11-3-6-13(18)9-15(11)21-16/h1-6,8-9,14,20H,7,19H2. The van der Waals surface area contributed by atoms with Crippen molar-refractivity contribution in [1.29, 1.82) is 0 Å². The van der Waals surface area contributed by atoms with E-state index in [1.165, 1.54) is 35.6 Å². The van der Waals surface area contributed by atoms with Crippen LogP contribution in [0.2, 0.25) is 0 Å². The number of benzene rings is 2. The summed E-state index contributed by atoms with van der Waals surface area (Å²) in [6.45, 7) is 0. The van der Waals surface area contributed by atoms with Gasteiger partial charge in [0.15, 0.2) is 0 Å². The van der Waals surface area contributed by atoms with E-state index in [0.29, 0.717) is 6.42 Å². The van der Waals surface area contributed by atoms with E-state index in [4.69, 9.17) is 5.84 Å². The van der Waals surface area contributed by atoms with Crippen LogP contribution in [-0.2, 0) is 6.42 Å². The zero-order valence-corrected chi connectivity index (χ0v) is 12.0. The molecule has 0 fully saturated rings. The van der Waals surface area contributed by atoms with Gasteiger partial charge < -0.3 is 0 Å². The second-order valence-electron chi connectivity index (χ2n) is 4.88. The van der Waals surface area contributed by atoms with Crippen LogP contribution in [0.3, 0.4) is 0 Å². The van der Waals surface area contributed by atoms with Gasteiger partial charge in [-0.2, -0.15) is 0 Å². The molecule has 21 heavy (non-hydrogen) atoms. The van der Waals surface area contributed by atoms with Gasteiger partial charge in [0.1, 0.15) is 11.6 Å². The van der Waals surface area contributed by atoms with E-state index in [9.17, 15) is 8.78 Å². The molecule has 3 aromatic rings. The van der Waals surface area contributed by atoms with Gasteiger partial charge in [-0.3, -0.25) is 11.3 Å². The number of rotatable bonds is 4. The molecule has 3 rings (SSSR count). The van der Waals surface area contributed by atoms with Crippen LogP contribution in [-0.4, -0.2) is 0 Å². The number of nitrogens with two attached hydrogens (primary N) is 1. The van der Waals surface area contributed by atoms with Crippen molar-refractivity contribution in [3.8, 4) is 0 Å². The molecule has 1 heterocycles. The Morgan fingerprint density at radius 3 is 2.43 bits per heavy atom. The smallest absolute Gasteiger partial charge is 0.124 e. The van der Waals surface area contributed by atoms with E-state index in [0.717, 1.165) is 20.5 Å². The van der Waals surface area contributed by atoms with Gasteiger partial charge in [0, 0.05) is 9.58 Å². The first-order chi connectivity index (χ1) is 10.2. The molecule has 0 aliphatic carbocycles. The quantitative estimate of drug-likeness (QED) is 0.566. The van der Waals surface area contributed by atoms with Crippen LogP contribution in [0, 0.1) is 11.6 Å². The molecule has 2 nitrogen and oxygen atoms in total. The lowest BCUT2D eigenvalue weighted by Crippen LogP contribution is -2.28. The van der Waals surface area contributed by atoms with Gasteiger partial charge in [-0.05, 0) is 47.7 Å².